The molecular weight excluding hydrogens is 1000 g/mol. The molecule has 0 bridgehead atoms. The summed E-state index contributed by atoms with van der Waals surface area (Å²) in [5.41, 5.74) is 15.8. The van der Waals surface area contributed by atoms with Gasteiger partial charge < -0.3 is 14.0 Å². The Morgan fingerprint density at radius 1 is 0.682 bits per heavy atom. The molecule has 10 rings (SSSR count). The molecule has 1 radical (unpaired) electrons. The van der Waals surface area contributed by atoms with E-state index >= 15 is 0 Å². The maximum atomic E-state index is 7.44. The van der Waals surface area contributed by atoms with Gasteiger partial charge >= 0.3 is 0 Å². The van der Waals surface area contributed by atoms with Gasteiger partial charge in [-0.2, -0.15) is 0 Å². The number of pyridine rings is 2. The van der Waals surface area contributed by atoms with E-state index in [0.29, 0.717) is 11.5 Å². The van der Waals surface area contributed by atoms with Crippen molar-refractivity contribution in [1.29, 1.82) is 0 Å². The number of fused-ring (bicyclic) bond motifs is 6. The van der Waals surface area contributed by atoms with Crippen LogP contribution in [-0.2, 0) is 20.1 Å². The van der Waals surface area contributed by atoms with Gasteiger partial charge in [0, 0.05) is 46.9 Å². The average Bonchev–Trinajstić information content (AvgIpc) is 3.91. The number of aryl methyl sites for hydroxylation is 2. The first kappa shape index (κ1) is 42.6. The van der Waals surface area contributed by atoms with E-state index in [9.17, 15) is 0 Å². The molecule has 10 aromatic rings. The molecule has 0 aliphatic carbocycles. The minimum atomic E-state index is -2.09. The van der Waals surface area contributed by atoms with Gasteiger partial charge in [0.25, 0.3) is 0 Å². The summed E-state index contributed by atoms with van der Waals surface area (Å²) in [6.07, 6.45) is 2.00. The van der Waals surface area contributed by atoms with Crippen molar-refractivity contribution in [3.63, 3.8) is 0 Å². The fraction of sp³-hybridized carbons (Fsp3) is 0.237. The van der Waals surface area contributed by atoms with E-state index in [1.165, 1.54) is 38.7 Å². The van der Waals surface area contributed by atoms with Crippen LogP contribution in [0, 0.1) is 25.9 Å². The molecule has 0 aliphatic heterocycles. The van der Waals surface area contributed by atoms with Crippen LogP contribution in [0.3, 0.4) is 0 Å². The largest absolute Gasteiger partial charge is 0.501 e. The number of hydrogen-bond donors (Lipinski definition) is 0. The Morgan fingerprint density at radius 3 is 2.00 bits per heavy atom. The number of benzene rings is 6. The van der Waals surface area contributed by atoms with Crippen LogP contribution in [0.25, 0.3) is 83.3 Å². The van der Waals surface area contributed by atoms with E-state index in [2.05, 4.69) is 181 Å². The summed E-state index contributed by atoms with van der Waals surface area (Å²) in [5, 5.41) is 4.61. The van der Waals surface area contributed by atoms with Crippen LogP contribution in [0.4, 0.5) is 0 Å². The maximum Gasteiger partial charge on any atom is 0.120 e. The van der Waals surface area contributed by atoms with Crippen LogP contribution >= 0.6 is 0 Å². The van der Waals surface area contributed by atoms with Crippen molar-refractivity contribution in [2.45, 2.75) is 92.7 Å². The Balaban J connectivity index is 0.000000227. The van der Waals surface area contributed by atoms with Gasteiger partial charge in [-0.05, 0) is 82.1 Å². The van der Waals surface area contributed by atoms with Crippen LogP contribution in [0.1, 0.15) is 91.4 Å². The van der Waals surface area contributed by atoms with Gasteiger partial charge in [-0.1, -0.05) is 157 Å². The smallest absolute Gasteiger partial charge is 0.120 e. The van der Waals surface area contributed by atoms with Crippen molar-refractivity contribution in [2.75, 3.05) is 0 Å². The number of para-hydroxylation sites is 2. The van der Waals surface area contributed by atoms with Crippen molar-refractivity contribution < 1.29 is 28.6 Å². The van der Waals surface area contributed by atoms with Crippen molar-refractivity contribution in [1.82, 2.24) is 19.5 Å². The fourth-order valence-electron chi connectivity index (χ4n) is 9.09. The van der Waals surface area contributed by atoms with Crippen LogP contribution in [0.2, 0.25) is 19.6 Å². The molecule has 335 valence electrons. The summed E-state index contributed by atoms with van der Waals surface area (Å²) in [4.78, 5) is 15.0. The Kier molecular flexibility index (Phi) is 12.1. The van der Waals surface area contributed by atoms with Gasteiger partial charge in [-0.15, -0.1) is 53.6 Å². The Labute approximate surface area is 409 Å². The predicted molar refractivity (Wildman–Crippen MR) is 277 cm³/mol. The minimum Gasteiger partial charge on any atom is -0.501 e. The van der Waals surface area contributed by atoms with Crippen molar-refractivity contribution in [3.05, 3.63) is 174 Å². The second-order valence-corrected chi connectivity index (χ2v) is 24.1. The van der Waals surface area contributed by atoms with Crippen molar-refractivity contribution in [3.8, 4) is 39.5 Å². The molecule has 0 fully saturated rings. The zero-order valence-electron chi connectivity index (χ0n) is 42.5. The average molecular weight is 1060 g/mol. The van der Waals surface area contributed by atoms with Crippen LogP contribution in [0.5, 0.6) is 0 Å². The molecule has 66 heavy (non-hydrogen) atoms. The number of nitrogens with zero attached hydrogens (tertiary/aromatic N) is 4. The zero-order chi connectivity index (χ0) is 48.2. The molecular formula is C59H58IrN4OSi-2. The molecule has 0 saturated carbocycles. The Bertz CT molecular complexity index is 3450. The van der Waals surface area contributed by atoms with E-state index < -0.39 is 14.9 Å². The van der Waals surface area contributed by atoms with Gasteiger partial charge in [0.15, 0.2) is 0 Å². The van der Waals surface area contributed by atoms with Gasteiger partial charge in [0.05, 0.1) is 41.7 Å². The summed E-state index contributed by atoms with van der Waals surface area (Å²) in [7, 11) is -1.45. The first-order valence-electron chi connectivity index (χ1n) is 24.3. The summed E-state index contributed by atoms with van der Waals surface area (Å²) in [6, 6.07) is 49.9. The fourth-order valence-corrected chi connectivity index (χ4v) is 10.8. The summed E-state index contributed by atoms with van der Waals surface area (Å²) < 4.78 is 31.3. The normalized spacial score (nSPS) is 12.7. The molecule has 0 atom stereocenters. The molecule has 0 spiro atoms. The van der Waals surface area contributed by atoms with Gasteiger partial charge in [0.1, 0.15) is 5.58 Å². The zero-order valence-corrected chi connectivity index (χ0v) is 42.9. The summed E-state index contributed by atoms with van der Waals surface area (Å²) in [6.45, 7) is 20.5. The molecule has 0 N–H and O–H groups in total. The molecule has 0 unspecified atom stereocenters. The third kappa shape index (κ3) is 8.73. The molecule has 7 heteroatoms. The summed E-state index contributed by atoms with van der Waals surface area (Å²) in [5.74, 6) is 1.76. The number of furan rings is 1. The van der Waals surface area contributed by atoms with Crippen molar-refractivity contribution >= 4 is 57.1 Å². The van der Waals surface area contributed by atoms with E-state index in [1.54, 1.807) is 18.2 Å². The van der Waals surface area contributed by atoms with Gasteiger partial charge in [-0.25, -0.2) is 0 Å². The van der Waals surface area contributed by atoms with Gasteiger partial charge in [-0.3, -0.25) is 9.97 Å². The number of hydrogen-bond acceptors (Lipinski definition) is 4. The number of aromatic nitrogens is 4. The standard InChI is InChI=1S/C41H34N3O.C18H24NSi.Ir/c1-24(2)33-22-28(27-14-7-6-8-15-27)23-34(25(3)4)38(33)44-39-31-17-9-11-20-35(31)42-26(5)37(39)43-41(44)32-19-13-18-30-29-16-10-12-21-36(29)45-40(30)32;1-13(2)16-11-17(15-9-7-14(3)8-10-15)19-12-18(16)20(4,5)6;/h6-18,20-25H,1-5H3;7-9,11-13H,1-6H3;/q2*-1;/i;3D3;. The first-order chi connectivity index (χ1) is 32.4. The molecule has 4 aromatic heterocycles. The quantitative estimate of drug-likeness (QED) is 0.112. The van der Waals surface area contributed by atoms with Crippen LogP contribution < -0.4 is 5.19 Å². The molecule has 0 amide bonds. The third-order valence-corrected chi connectivity index (χ3v) is 14.5. The molecule has 0 saturated heterocycles. The van der Waals surface area contributed by atoms with Gasteiger partial charge in [0.2, 0.25) is 0 Å². The number of rotatable bonds is 8. The third-order valence-electron chi connectivity index (χ3n) is 12.4. The second kappa shape index (κ2) is 18.7. The number of imidazole rings is 1. The van der Waals surface area contributed by atoms with Crippen LogP contribution in [-0.4, -0.2) is 27.6 Å². The molecule has 6 aromatic carbocycles. The van der Waals surface area contributed by atoms with Crippen molar-refractivity contribution in [2.24, 2.45) is 0 Å². The Morgan fingerprint density at radius 2 is 1.35 bits per heavy atom. The second-order valence-electron chi connectivity index (χ2n) is 19.1. The topological polar surface area (TPSA) is 56.7 Å². The molecule has 5 nitrogen and oxygen atoms in total. The van der Waals surface area contributed by atoms with E-state index in [-0.39, 0.29) is 31.9 Å². The molecule has 4 heterocycles. The van der Waals surface area contributed by atoms with E-state index in [4.69, 9.17) is 18.5 Å². The first-order valence-corrected chi connectivity index (χ1v) is 26.3. The predicted octanol–water partition coefficient (Wildman–Crippen LogP) is 15.7. The monoisotopic (exact) mass is 1060 g/mol. The maximum absolute atomic E-state index is 7.44. The summed E-state index contributed by atoms with van der Waals surface area (Å²) >= 11 is 0. The van der Waals surface area contributed by atoms with E-state index in [1.807, 2.05) is 24.4 Å². The van der Waals surface area contributed by atoms with E-state index in [0.717, 1.165) is 72.2 Å². The van der Waals surface area contributed by atoms with Crippen LogP contribution in [0.15, 0.2) is 138 Å². The SMILES string of the molecule is Cc1nc2ccccc2c2c1nc(-c1[c-]ccc3c1oc1ccccc13)n2-c1c(C(C)C)cc(-c2ccccc2)cc1C(C)C.[2H]C([2H])([2H])c1c[c-]c(-c2cc(C(C)C)c([Si](C)(C)C)cn2)cc1.[Ir]. The Hall–Kier alpha value is -5.98. The molecule has 0 aliphatic rings. The minimum absolute atomic E-state index is 0.